The Labute approximate surface area is 503 Å². The lowest BCUT2D eigenvalue weighted by Crippen LogP contribution is -2.71. The van der Waals surface area contributed by atoms with Gasteiger partial charge in [-0.1, -0.05) is 12.1 Å². The number of nitrogens with zero attached hydrogens (tertiary/aromatic N) is 3. The van der Waals surface area contributed by atoms with Crippen LogP contribution in [0.2, 0.25) is 0 Å². The third kappa shape index (κ3) is 18.9. The summed E-state index contributed by atoms with van der Waals surface area (Å²) in [6.45, 7) is 13.4. The molecule has 0 spiro atoms. The van der Waals surface area contributed by atoms with Gasteiger partial charge < -0.3 is 79.8 Å². The van der Waals surface area contributed by atoms with Crippen molar-refractivity contribution in [1.82, 2.24) is 35.8 Å². The highest BCUT2D eigenvalue weighted by atomic mass is 32.2. The Kier molecular flexibility index (Phi) is 22.0. The van der Waals surface area contributed by atoms with Crippen molar-refractivity contribution in [3.63, 3.8) is 0 Å². The average molecular weight is 1250 g/mol. The standard InChI is InChI=1S/C56H80N8O22S/c1-53(2,3)84-50(72)57-23-22-38(65)45(68)59-37-26-36(60-51(73)85-54(4,5)6)39(40(66)43(37)83-48-41(67)44(56(10,75)29-81-48)62(11)52(74)86-55(7,8)9)42-35(61-87(78,79)25-24-63-46(69)33-14-12-13-15-34(33)47(63)70)21-20-32(82-42)27-58-49(71)80-28-30-16-18-31(19-17-30)64(76)77/h12-20,35-44,48,61,65-67,75H,21-29H2,1-11H3,(H,57,72)(H,58,71)(H,59,68)(H,60,73)/t35-,36+,37-,38+,39?,40+,41-,42+,43+,44-,48-,56+/m1/s1. The molecule has 0 aromatic heterocycles. The zero-order chi connectivity index (χ0) is 64.7. The number of nitro benzene ring substituents is 1. The Bertz CT molecular complexity index is 2960. The van der Waals surface area contributed by atoms with Crippen molar-refractivity contribution in [3.05, 3.63) is 87.2 Å². The third-order valence-corrected chi connectivity index (χ3v) is 15.4. The van der Waals surface area contributed by atoms with E-state index in [4.69, 9.17) is 33.2 Å². The number of carbonyl (C=O) groups excluding carboxylic acids is 7. The van der Waals surface area contributed by atoms with Crippen LogP contribution in [0.4, 0.5) is 24.9 Å². The number of imide groups is 1. The molecule has 3 heterocycles. The highest BCUT2D eigenvalue weighted by Gasteiger charge is 2.57. The zero-order valence-electron chi connectivity index (χ0n) is 50.3. The van der Waals surface area contributed by atoms with Gasteiger partial charge in [0.1, 0.15) is 59.2 Å². The van der Waals surface area contributed by atoms with Crippen molar-refractivity contribution in [2.24, 2.45) is 5.92 Å². The van der Waals surface area contributed by atoms with E-state index in [0.29, 0.717) is 5.56 Å². The monoisotopic (exact) mass is 1250 g/mol. The largest absolute Gasteiger partial charge is 0.491 e. The van der Waals surface area contributed by atoms with Crippen LogP contribution in [0.1, 0.15) is 115 Å². The van der Waals surface area contributed by atoms with Gasteiger partial charge in [0.05, 0.1) is 59.2 Å². The summed E-state index contributed by atoms with van der Waals surface area (Å²) in [6.07, 6.45) is -14.9. The number of nitro groups is 1. The quantitative estimate of drug-likeness (QED) is 0.0397. The summed E-state index contributed by atoms with van der Waals surface area (Å²) in [5.41, 5.74) is -4.70. The van der Waals surface area contributed by atoms with Crippen molar-refractivity contribution in [1.29, 1.82) is 0 Å². The van der Waals surface area contributed by atoms with Gasteiger partial charge in [0.2, 0.25) is 15.9 Å². The van der Waals surface area contributed by atoms with Crippen molar-refractivity contribution >= 4 is 57.8 Å². The van der Waals surface area contributed by atoms with Crippen LogP contribution in [0.5, 0.6) is 0 Å². The Morgan fingerprint density at radius 2 is 1.44 bits per heavy atom. The molecule has 1 saturated heterocycles. The normalized spacial score (nSPS) is 26.2. The van der Waals surface area contributed by atoms with E-state index < -0.39 is 178 Å². The first kappa shape index (κ1) is 68.8. The number of aliphatic hydroxyl groups excluding tert-OH is 3. The van der Waals surface area contributed by atoms with Crippen LogP contribution >= 0.6 is 0 Å². The number of alkyl carbamates (subject to hydrolysis) is 3. The molecule has 0 radical (unpaired) electrons. The molecule has 3 aliphatic heterocycles. The number of benzene rings is 2. The summed E-state index contributed by atoms with van der Waals surface area (Å²) < 4.78 is 71.9. The van der Waals surface area contributed by atoms with Crippen LogP contribution in [-0.4, -0.2) is 208 Å². The van der Waals surface area contributed by atoms with E-state index in [-0.39, 0.29) is 48.6 Å². The summed E-state index contributed by atoms with van der Waals surface area (Å²) in [7, 11) is -3.33. The summed E-state index contributed by atoms with van der Waals surface area (Å²) in [6, 6.07) is 5.22. The molecule has 87 heavy (non-hydrogen) atoms. The molecule has 1 aliphatic carbocycles. The summed E-state index contributed by atoms with van der Waals surface area (Å²) >= 11 is 0. The number of ether oxygens (including phenoxy) is 7. The lowest BCUT2D eigenvalue weighted by molar-refractivity contribution is -0.384. The van der Waals surface area contributed by atoms with Gasteiger partial charge in [-0.15, -0.1) is 0 Å². The maximum Gasteiger partial charge on any atom is 0.410 e. The minimum Gasteiger partial charge on any atom is -0.491 e. The van der Waals surface area contributed by atoms with E-state index in [2.05, 4.69) is 26.0 Å². The fourth-order valence-electron chi connectivity index (χ4n) is 10.3. The van der Waals surface area contributed by atoms with E-state index in [1.807, 2.05) is 0 Å². The molecule has 482 valence electrons. The molecule has 2 aromatic carbocycles. The Morgan fingerprint density at radius 1 is 0.839 bits per heavy atom. The van der Waals surface area contributed by atoms with Gasteiger partial charge in [0.15, 0.2) is 6.29 Å². The molecule has 4 aliphatic rings. The molecule has 1 unspecified atom stereocenters. The predicted octanol–water partition coefficient (Wildman–Crippen LogP) is 2.20. The fraction of sp³-hybridized carbons (Fsp3) is 0.625. The van der Waals surface area contributed by atoms with Crippen LogP contribution in [0.3, 0.4) is 0 Å². The van der Waals surface area contributed by atoms with Crippen LogP contribution in [0.15, 0.2) is 60.4 Å². The van der Waals surface area contributed by atoms with Gasteiger partial charge in [0, 0.05) is 44.2 Å². The highest BCUT2D eigenvalue weighted by molar-refractivity contribution is 7.89. The Morgan fingerprint density at radius 3 is 2.02 bits per heavy atom. The number of fused-ring (bicyclic) bond motifs is 1. The molecule has 0 bridgehead atoms. The third-order valence-electron chi connectivity index (χ3n) is 14.1. The van der Waals surface area contributed by atoms with E-state index in [9.17, 15) is 72.5 Å². The first-order chi connectivity index (χ1) is 40.3. The van der Waals surface area contributed by atoms with Crippen LogP contribution in [-0.2, 0) is 54.6 Å². The number of likely N-dealkylation sites (N-methyl/N-ethyl adjacent to an activating group) is 1. The topological polar surface area (TPSA) is 409 Å². The number of hydrogen-bond donors (Lipinski definition) is 9. The smallest absolute Gasteiger partial charge is 0.410 e. The van der Waals surface area contributed by atoms with Gasteiger partial charge in [-0.2, -0.15) is 0 Å². The van der Waals surface area contributed by atoms with E-state index in [1.165, 1.54) is 56.4 Å². The minimum absolute atomic E-state index is 0.0470. The highest BCUT2D eigenvalue weighted by Crippen LogP contribution is 2.39. The second-order valence-corrected chi connectivity index (χ2v) is 26.6. The molecule has 6 rings (SSSR count). The Balaban J connectivity index is 1.38. The number of non-ortho nitro benzene ring substituents is 1. The Hall–Kier alpha value is -7.26. The summed E-state index contributed by atoms with van der Waals surface area (Å²) in [4.78, 5) is 106. The maximum absolute atomic E-state index is 14.3. The van der Waals surface area contributed by atoms with Gasteiger partial charge in [-0.25, -0.2) is 32.3 Å². The lowest BCUT2D eigenvalue weighted by atomic mass is 9.72. The van der Waals surface area contributed by atoms with Gasteiger partial charge in [0.25, 0.3) is 17.5 Å². The van der Waals surface area contributed by atoms with Crippen LogP contribution in [0, 0.1) is 16.0 Å². The fourth-order valence-corrected chi connectivity index (χ4v) is 11.5. The SMILES string of the molecule is CN(C(=O)OC(C)(C)C)[C@@H]1[C@@H](O)[C@@H](O[C@H]2[C@H](NC(=O)[C@@H](O)CCNC(=O)OC(C)(C)C)C[C@H](NC(=O)OC(C)(C)C)C([C@H]3OC(CNC(=O)OCc4ccc([N+](=O)[O-])cc4)=CC[C@H]3NS(=O)(=O)CCN3C(=O)c4ccccc4C3=O)[C@@H]2O)OC[C@]1(C)O. The molecular weight excluding hydrogens is 1170 g/mol. The van der Waals surface area contributed by atoms with E-state index in [1.54, 1.807) is 74.4 Å². The number of nitrogens with one attached hydrogen (secondary N) is 5. The van der Waals surface area contributed by atoms with Crippen molar-refractivity contribution in [2.45, 2.75) is 178 Å². The summed E-state index contributed by atoms with van der Waals surface area (Å²) in [5, 5.41) is 69.5. The average Bonchev–Trinajstić information content (AvgIpc) is 1.14. The number of amides is 7. The minimum atomic E-state index is -4.58. The lowest BCUT2D eigenvalue weighted by Gasteiger charge is -2.52. The molecular formula is C56H80N8O22S. The molecule has 9 N–H and O–H groups in total. The van der Waals surface area contributed by atoms with E-state index >= 15 is 0 Å². The molecule has 1 saturated carbocycles. The van der Waals surface area contributed by atoms with Gasteiger partial charge in [-0.05, 0) is 124 Å². The second kappa shape index (κ2) is 27.8. The van der Waals surface area contributed by atoms with Crippen molar-refractivity contribution < 1.29 is 100 Å². The maximum atomic E-state index is 14.3. The number of sulfonamides is 1. The van der Waals surface area contributed by atoms with Crippen molar-refractivity contribution in [3.8, 4) is 0 Å². The van der Waals surface area contributed by atoms with Gasteiger partial charge >= 0.3 is 24.4 Å². The molecule has 12 atom stereocenters. The molecule has 31 heteroatoms. The predicted molar refractivity (Wildman–Crippen MR) is 304 cm³/mol. The van der Waals surface area contributed by atoms with E-state index in [0.717, 1.165) is 9.80 Å². The molecule has 2 aromatic rings. The number of rotatable bonds is 20. The number of hydrogen-bond acceptors (Lipinski definition) is 22. The molecule has 7 amide bonds. The molecule has 2 fully saturated rings. The first-order valence-electron chi connectivity index (χ1n) is 28.0. The molecule has 30 nitrogen and oxygen atoms in total. The first-order valence-corrected chi connectivity index (χ1v) is 29.7. The van der Waals surface area contributed by atoms with Crippen LogP contribution in [0.25, 0.3) is 0 Å². The second-order valence-electron chi connectivity index (χ2n) is 24.8. The zero-order valence-corrected chi connectivity index (χ0v) is 51.1. The number of carbonyl (C=O) groups is 7. The number of aliphatic hydroxyl groups is 4. The van der Waals surface area contributed by atoms with Crippen LogP contribution < -0.4 is 26.0 Å². The summed E-state index contributed by atoms with van der Waals surface area (Å²) in [5.74, 6) is -5.03. The van der Waals surface area contributed by atoms with Crippen molar-refractivity contribution in [2.75, 3.05) is 39.0 Å². The van der Waals surface area contributed by atoms with Gasteiger partial charge in [-0.3, -0.25) is 29.4 Å².